The number of aryl methyl sites for hydroxylation is 3. The lowest BCUT2D eigenvalue weighted by atomic mass is 9.35. The Hall–Kier alpha value is -2.59. The van der Waals surface area contributed by atoms with Crippen LogP contribution in [0.15, 0.2) is 12.4 Å². The molecular weight excluding hydrogens is 494 g/mol. The van der Waals surface area contributed by atoms with Crippen molar-refractivity contribution in [3.8, 4) is 5.75 Å². The second kappa shape index (κ2) is 8.45. The van der Waals surface area contributed by atoms with E-state index in [-0.39, 0.29) is 16.6 Å². The quantitative estimate of drug-likeness (QED) is 0.393. The van der Waals surface area contributed by atoms with E-state index in [9.17, 15) is 0 Å². The Morgan fingerprint density at radius 2 is 1.74 bits per heavy atom. The van der Waals surface area contributed by atoms with Crippen molar-refractivity contribution in [2.45, 2.75) is 96.9 Å². The number of hydrogen-bond donors (Lipinski definition) is 0. The molecule has 0 amide bonds. The molecule has 7 rings (SSSR count). The van der Waals surface area contributed by atoms with Crippen molar-refractivity contribution >= 4 is 19.8 Å². The first-order valence-electron chi connectivity index (χ1n) is 13.9. The van der Waals surface area contributed by atoms with E-state index in [2.05, 4.69) is 53.8 Å². The molecule has 3 aromatic heterocycles. The molecule has 1 aliphatic heterocycles. The molecule has 0 N–H and O–H groups in total. The summed E-state index contributed by atoms with van der Waals surface area (Å²) >= 11 is 0. The zero-order chi connectivity index (χ0) is 27.1. The maximum absolute atomic E-state index is 6.56. The number of anilines is 1. The molecule has 1 saturated heterocycles. The van der Waals surface area contributed by atoms with Gasteiger partial charge in [0.05, 0.1) is 36.0 Å². The van der Waals surface area contributed by atoms with Crippen LogP contribution < -0.4 is 9.64 Å². The summed E-state index contributed by atoms with van der Waals surface area (Å²) in [6.07, 6.45) is 8.52. The zero-order valence-corrected chi connectivity index (χ0v) is 25.1. The summed E-state index contributed by atoms with van der Waals surface area (Å²) in [6.45, 7) is 20.1. The van der Waals surface area contributed by atoms with Crippen LogP contribution in [0, 0.1) is 26.2 Å². The lowest BCUT2D eigenvalue weighted by Crippen LogP contribution is -2.67. The lowest BCUT2D eigenvalue weighted by Gasteiger charge is -2.70. The van der Waals surface area contributed by atoms with Crippen molar-refractivity contribution in [3.63, 3.8) is 0 Å². The van der Waals surface area contributed by atoms with Gasteiger partial charge in [0.25, 0.3) is 5.78 Å². The van der Waals surface area contributed by atoms with Crippen LogP contribution in [0.3, 0.4) is 0 Å². The molecule has 10 heteroatoms. The maximum atomic E-state index is 6.56. The number of fused-ring (bicyclic) bond motifs is 1. The lowest BCUT2D eigenvalue weighted by molar-refractivity contribution is -0.168. The fourth-order valence-electron chi connectivity index (χ4n) is 6.35. The van der Waals surface area contributed by atoms with Gasteiger partial charge in [-0.25, -0.2) is 15.0 Å². The van der Waals surface area contributed by atoms with Crippen LogP contribution in [0.1, 0.15) is 69.5 Å². The predicted octanol–water partition coefficient (Wildman–Crippen LogP) is 4.94. The minimum absolute atomic E-state index is 0.0781. The van der Waals surface area contributed by atoms with E-state index in [0.717, 1.165) is 74.0 Å². The van der Waals surface area contributed by atoms with Gasteiger partial charge in [-0.1, -0.05) is 20.8 Å². The van der Waals surface area contributed by atoms with Gasteiger partial charge in [-0.15, -0.1) is 5.10 Å². The molecule has 2 bridgehead atoms. The Balaban J connectivity index is 1.05. The molecule has 38 heavy (non-hydrogen) atoms. The number of rotatable bonds is 7. The summed E-state index contributed by atoms with van der Waals surface area (Å²) in [5.41, 5.74) is 3.38. The highest BCUT2D eigenvalue weighted by Crippen LogP contribution is 2.73. The molecule has 0 aromatic carbocycles. The van der Waals surface area contributed by atoms with Gasteiger partial charge >= 0.3 is 0 Å². The van der Waals surface area contributed by atoms with Crippen LogP contribution >= 0.6 is 0 Å². The van der Waals surface area contributed by atoms with Gasteiger partial charge < -0.3 is 14.1 Å². The van der Waals surface area contributed by atoms with E-state index in [1.165, 1.54) is 0 Å². The molecule has 3 aliphatic carbocycles. The second-order valence-corrected chi connectivity index (χ2v) is 18.4. The van der Waals surface area contributed by atoms with Crippen molar-refractivity contribution < 1.29 is 9.16 Å². The maximum Gasteiger partial charge on any atom is 0.253 e. The summed E-state index contributed by atoms with van der Waals surface area (Å²) < 4.78 is 14.8. The van der Waals surface area contributed by atoms with E-state index in [1.54, 1.807) is 4.52 Å². The van der Waals surface area contributed by atoms with Crippen molar-refractivity contribution in [1.29, 1.82) is 0 Å². The van der Waals surface area contributed by atoms with Crippen molar-refractivity contribution in [3.05, 3.63) is 35.4 Å². The van der Waals surface area contributed by atoms with Crippen LogP contribution in [0.25, 0.3) is 5.78 Å². The Kier molecular flexibility index (Phi) is 5.71. The summed E-state index contributed by atoms with van der Waals surface area (Å²) in [7, 11) is -1.70. The molecule has 4 fully saturated rings. The van der Waals surface area contributed by atoms with E-state index >= 15 is 0 Å². The molecule has 3 aromatic rings. The fourth-order valence-corrected chi connectivity index (χ4v) is 7.45. The highest BCUT2D eigenvalue weighted by Gasteiger charge is 2.70. The number of aromatic nitrogens is 6. The molecule has 9 nitrogen and oxygen atoms in total. The van der Waals surface area contributed by atoms with Crippen molar-refractivity contribution in [2.24, 2.45) is 5.41 Å². The molecule has 1 atom stereocenters. The number of hydrogen-bond acceptors (Lipinski definition) is 8. The predicted molar refractivity (Wildman–Crippen MR) is 149 cm³/mol. The standard InChI is InChI=1S/C28H41N7O2Si/c1-18-23(19(2)35-25(31-18)32-20(3)33-35)37-22-9-10-34(13-22)21-11-29-24(30-12-21)28-14-27(15-28,16-28)17-36-38(7,8)26(4,5)6/h11-12,22H,9-10,13-17H2,1-8H3/t22-,27?,28?/m1/s1. The van der Waals surface area contributed by atoms with Gasteiger partial charge in [0.2, 0.25) is 0 Å². The zero-order valence-electron chi connectivity index (χ0n) is 24.1. The SMILES string of the molecule is Cc1nc2nc(C)c(O[C@@H]3CCN(c4cnc(C56CC(CO[Si](C)(C)C(C)(C)C)(C5)C6)nc4)C3)c(C)n2n1. The van der Waals surface area contributed by atoms with E-state index < -0.39 is 8.32 Å². The third-order valence-electron chi connectivity index (χ3n) is 9.53. The average molecular weight is 536 g/mol. The molecule has 0 spiro atoms. The first kappa shape index (κ1) is 25.7. The van der Waals surface area contributed by atoms with Gasteiger partial charge in [0.15, 0.2) is 14.1 Å². The molecule has 0 radical (unpaired) electrons. The fraction of sp³-hybridized carbons (Fsp3) is 0.679. The van der Waals surface area contributed by atoms with E-state index in [1.807, 2.05) is 33.2 Å². The number of ether oxygens (including phenoxy) is 1. The van der Waals surface area contributed by atoms with Crippen LogP contribution in [-0.4, -0.2) is 63.7 Å². The Morgan fingerprint density at radius 3 is 2.39 bits per heavy atom. The molecular formula is C28H41N7O2Si. The van der Waals surface area contributed by atoms with Crippen LogP contribution in [0.4, 0.5) is 5.69 Å². The van der Waals surface area contributed by atoms with E-state index in [0.29, 0.717) is 17.0 Å². The minimum Gasteiger partial charge on any atom is -0.485 e. The molecule has 4 heterocycles. The molecule has 4 aliphatic rings. The number of nitrogens with zero attached hydrogens (tertiary/aromatic N) is 7. The van der Waals surface area contributed by atoms with E-state index in [4.69, 9.17) is 19.1 Å². The summed E-state index contributed by atoms with van der Waals surface area (Å²) in [5.74, 6) is 3.14. The summed E-state index contributed by atoms with van der Waals surface area (Å²) in [6, 6.07) is 0. The smallest absolute Gasteiger partial charge is 0.253 e. The second-order valence-electron chi connectivity index (χ2n) is 13.6. The average Bonchev–Trinajstić information content (AvgIpc) is 3.40. The third kappa shape index (κ3) is 4.11. The van der Waals surface area contributed by atoms with Crippen LogP contribution in [0.5, 0.6) is 5.75 Å². The third-order valence-corrected chi connectivity index (χ3v) is 14.0. The highest BCUT2D eigenvalue weighted by molar-refractivity contribution is 6.74. The van der Waals surface area contributed by atoms with Crippen molar-refractivity contribution in [1.82, 2.24) is 29.5 Å². The summed E-state index contributed by atoms with van der Waals surface area (Å²) in [4.78, 5) is 21.0. The largest absolute Gasteiger partial charge is 0.485 e. The van der Waals surface area contributed by atoms with Crippen molar-refractivity contribution in [2.75, 3.05) is 24.6 Å². The molecule has 3 saturated carbocycles. The monoisotopic (exact) mass is 535 g/mol. The summed E-state index contributed by atoms with van der Waals surface area (Å²) in [5, 5.41) is 4.72. The highest BCUT2D eigenvalue weighted by atomic mass is 28.4. The minimum atomic E-state index is -1.70. The molecule has 0 unspecified atom stereocenters. The van der Waals surface area contributed by atoms with Gasteiger partial charge in [-0.05, 0) is 63.6 Å². The van der Waals surface area contributed by atoms with Crippen LogP contribution in [-0.2, 0) is 9.84 Å². The van der Waals surface area contributed by atoms with Gasteiger partial charge in [-0.2, -0.15) is 9.50 Å². The molecule has 204 valence electrons. The van der Waals surface area contributed by atoms with Crippen LogP contribution in [0.2, 0.25) is 18.1 Å². The Labute approximate surface area is 226 Å². The van der Waals surface area contributed by atoms with Gasteiger partial charge in [-0.3, -0.25) is 0 Å². The first-order chi connectivity index (χ1) is 17.8. The first-order valence-corrected chi connectivity index (χ1v) is 16.8. The Morgan fingerprint density at radius 1 is 1.05 bits per heavy atom. The van der Waals surface area contributed by atoms with Gasteiger partial charge in [0.1, 0.15) is 17.8 Å². The topological polar surface area (TPSA) is 90.6 Å². The normalized spacial score (nSPS) is 26.9. The Bertz CT molecular complexity index is 1360. The van der Waals surface area contributed by atoms with Gasteiger partial charge in [0, 0.05) is 25.0 Å².